The standard InChI is InChI=1S/C22H24ClN3O4/c23-16-6-7-18-15(11-16)12-19(25-18)22(30)24-17(10-14-4-2-1-3-5-14)13-21(29)26-20(28)8-9-27/h1-7,11-12,17,20,25,27-28H,8-10,13H2,(H,24,30)(H,26,29). The largest absolute Gasteiger partial charge is 0.396 e. The number of nitrogens with one attached hydrogen (secondary N) is 3. The van der Waals surface area contributed by atoms with E-state index in [1.54, 1.807) is 24.3 Å². The average Bonchev–Trinajstić information content (AvgIpc) is 3.12. The zero-order chi connectivity index (χ0) is 21.5. The number of aliphatic hydroxyl groups excluding tert-OH is 2. The average molecular weight is 430 g/mol. The molecule has 0 aliphatic rings. The number of hydrogen-bond acceptors (Lipinski definition) is 4. The van der Waals surface area contributed by atoms with Crippen LogP contribution < -0.4 is 10.6 Å². The summed E-state index contributed by atoms with van der Waals surface area (Å²) < 4.78 is 0. The molecule has 2 atom stereocenters. The van der Waals surface area contributed by atoms with Gasteiger partial charge in [-0.25, -0.2) is 0 Å². The molecule has 3 rings (SSSR count). The van der Waals surface area contributed by atoms with Gasteiger partial charge in [0.25, 0.3) is 5.91 Å². The molecule has 5 N–H and O–H groups in total. The lowest BCUT2D eigenvalue weighted by molar-refractivity contribution is -0.124. The van der Waals surface area contributed by atoms with Gasteiger partial charge in [0, 0.05) is 41.4 Å². The van der Waals surface area contributed by atoms with Crippen LogP contribution in [0.4, 0.5) is 0 Å². The van der Waals surface area contributed by atoms with Crippen molar-refractivity contribution in [3.63, 3.8) is 0 Å². The second-order valence-electron chi connectivity index (χ2n) is 7.07. The number of aromatic amines is 1. The Morgan fingerprint density at radius 3 is 2.57 bits per heavy atom. The lowest BCUT2D eigenvalue weighted by Crippen LogP contribution is -2.43. The highest BCUT2D eigenvalue weighted by Crippen LogP contribution is 2.20. The second-order valence-corrected chi connectivity index (χ2v) is 7.51. The summed E-state index contributed by atoms with van der Waals surface area (Å²) in [7, 11) is 0. The first-order valence-electron chi connectivity index (χ1n) is 9.66. The Bertz CT molecular complexity index is 1010. The number of hydrogen-bond donors (Lipinski definition) is 5. The Labute approximate surface area is 179 Å². The van der Waals surface area contributed by atoms with Crippen LogP contribution >= 0.6 is 11.6 Å². The highest BCUT2D eigenvalue weighted by Gasteiger charge is 2.20. The van der Waals surface area contributed by atoms with Crippen LogP contribution in [0.2, 0.25) is 5.02 Å². The Kier molecular flexibility index (Phi) is 7.46. The molecule has 0 spiro atoms. The number of rotatable bonds is 9. The van der Waals surface area contributed by atoms with Crippen molar-refractivity contribution in [1.29, 1.82) is 0 Å². The predicted octanol–water partition coefficient (Wildman–Crippen LogP) is 2.37. The molecule has 0 aliphatic carbocycles. The van der Waals surface area contributed by atoms with Crippen molar-refractivity contribution < 1.29 is 19.8 Å². The first-order chi connectivity index (χ1) is 14.4. The lowest BCUT2D eigenvalue weighted by Gasteiger charge is -2.20. The quantitative estimate of drug-likeness (QED) is 0.336. The smallest absolute Gasteiger partial charge is 0.267 e. The molecule has 2 aromatic carbocycles. The number of aliphatic hydroxyl groups is 2. The van der Waals surface area contributed by atoms with E-state index in [4.69, 9.17) is 16.7 Å². The third-order valence-corrected chi connectivity index (χ3v) is 4.88. The number of carbonyl (C=O) groups is 2. The summed E-state index contributed by atoms with van der Waals surface area (Å²) in [5, 5.41) is 25.3. The van der Waals surface area contributed by atoms with E-state index in [1.807, 2.05) is 30.3 Å². The van der Waals surface area contributed by atoms with Crippen LogP contribution in [0.3, 0.4) is 0 Å². The number of carbonyl (C=O) groups excluding carboxylic acids is 2. The molecule has 7 nitrogen and oxygen atoms in total. The Hall–Kier alpha value is -2.87. The number of halogens is 1. The molecule has 0 bridgehead atoms. The van der Waals surface area contributed by atoms with Gasteiger partial charge < -0.3 is 25.8 Å². The van der Waals surface area contributed by atoms with E-state index in [0.717, 1.165) is 16.5 Å². The van der Waals surface area contributed by atoms with Gasteiger partial charge in [-0.1, -0.05) is 41.9 Å². The summed E-state index contributed by atoms with van der Waals surface area (Å²) in [6.45, 7) is -0.240. The van der Waals surface area contributed by atoms with Gasteiger partial charge in [-0.2, -0.15) is 0 Å². The molecule has 0 aliphatic heterocycles. The van der Waals surface area contributed by atoms with Crippen molar-refractivity contribution in [2.75, 3.05) is 6.61 Å². The first-order valence-corrected chi connectivity index (χ1v) is 10.0. The SMILES string of the molecule is O=C(CC(Cc1ccccc1)NC(=O)c1cc2cc(Cl)ccc2[nH]1)NC(O)CCO. The summed E-state index contributed by atoms with van der Waals surface area (Å²) in [5.41, 5.74) is 2.12. The fraction of sp³-hybridized carbons (Fsp3) is 0.273. The normalized spacial score (nSPS) is 13.0. The highest BCUT2D eigenvalue weighted by molar-refractivity contribution is 6.31. The Morgan fingerprint density at radius 1 is 1.07 bits per heavy atom. The molecule has 0 saturated carbocycles. The van der Waals surface area contributed by atoms with E-state index in [9.17, 15) is 14.7 Å². The van der Waals surface area contributed by atoms with Gasteiger partial charge >= 0.3 is 0 Å². The Morgan fingerprint density at radius 2 is 1.83 bits per heavy atom. The van der Waals surface area contributed by atoms with Gasteiger partial charge in [-0.3, -0.25) is 9.59 Å². The van der Waals surface area contributed by atoms with Crippen molar-refractivity contribution >= 4 is 34.3 Å². The summed E-state index contributed by atoms with van der Waals surface area (Å²) in [4.78, 5) is 28.2. The van der Waals surface area contributed by atoms with E-state index in [1.165, 1.54) is 0 Å². The van der Waals surface area contributed by atoms with Crippen LogP contribution in [0.15, 0.2) is 54.6 Å². The second kappa shape index (κ2) is 10.2. The fourth-order valence-corrected chi connectivity index (χ4v) is 3.41. The molecule has 158 valence electrons. The molecule has 1 heterocycles. The summed E-state index contributed by atoms with van der Waals surface area (Å²) in [5.74, 6) is -0.757. The maximum absolute atomic E-state index is 12.8. The molecular weight excluding hydrogens is 406 g/mol. The van der Waals surface area contributed by atoms with E-state index in [2.05, 4.69) is 15.6 Å². The first kappa shape index (κ1) is 21.8. The maximum Gasteiger partial charge on any atom is 0.267 e. The molecule has 0 saturated heterocycles. The summed E-state index contributed by atoms with van der Waals surface area (Å²) in [6.07, 6.45) is -0.662. The van der Waals surface area contributed by atoms with Crippen molar-refractivity contribution in [2.45, 2.75) is 31.5 Å². The van der Waals surface area contributed by atoms with Crippen molar-refractivity contribution in [3.05, 3.63) is 70.9 Å². The number of fused-ring (bicyclic) bond motifs is 1. The van der Waals surface area contributed by atoms with E-state index in [0.29, 0.717) is 17.1 Å². The summed E-state index contributed by atoms with van der Waals surface area (Å²) in [6, 6.07) is 16.0. The van der Waals surface area contributed by atoms with Crippen LogP contribution in [0.5, 0.6) is 0 Å². The Balaban J connectivity index is 1.72. The van der Waals surface area contributed by atoms with Gasteiger partial charge in [0.1, 0.15) is 11.9 Å². The van der Waals surface area contributed by atoms with E-state index >= 15 is 0 Å². The van der Waals surface area contributed by atoms with Gasteiger partial charge in [-0.05, 0) is 36.2 Å². The zero-order valence-corrected chi connectivity index (χ0v) is 17.0. The molecule has 0 radical (unpaired) electrons. The number of H-pyrrole nitrogens is 1. The van der Waals surface area contributed by atoms with Crippen LogP contribution in [0.1, 0.15) is 28.9 Å². The maximum atomic E-state index is 12.8. The van der Waals surface area contributed by atoms with Gasteiger partial charge in [0.2, 0.25) is 5.91 Å². The van der Waals surface area contributed by atoms with Crippen molar-refractivity contribution in [2.24, 2.45) is 0 Å². The number of amides is 2. The molecule has 2 unspecified atom stereocenters. The highest BCUT2D eigenvalue weighted by atomic mass is 35.5. The van der Waals surface area contributed by atoms with Gasteiger partial charge in [-0.15, -0.1) is 0 Å². The van der Waals surface area contributed by atoms with Crippen LogP contribution in [0, 0.1) is 0 Å². The van der Waals surface area contributed by atoms with Crippen molar-refractivity contribution in [1.82, 2.24) is 15.6 Å². The molecule has 2 amide bonds. The molecular formula is C22H24ClN3O4. The minimum Gasteiger partial charge on any atom is -0.396 e. The van der Waals surface area contributed by atoms with Gasteiger partial charge in [0.05, 0.1) is 0 Å². The van der Waals surface area contributed by atoms with E-state index < -0.39 is 18.2 Å². The molecule has 1 aromatic heterocycles. The predicted molar refractivity (Wildman–Crippen MR) is 115 cm³/mol. The third kappa shape index (κ3) is 6.06. The summed E-state index contributed by atoms with van der Waals surface area (Å²) >= 11 is 6.01. The van der Waals surface area contributed by atoms with Gasteiger partial charge in [0.15, 0.2) is 0 Å². The van der Waals surface area contributed by atoms with Crippen LogP contribution in [-0.2, 0) is 11.2 Å². The van der Waals surface area contributed by atoms with E-state index in [-0.39, 0.29) is 25.4 Å². The molecule has 30 heavy (non-hydrogen) atoms. The monoisotopic (exact) mass is 429 g/mol. The van der Waals surface area contributed by atoms with Crippen LogP contribution in [0.25, 0.3) is 10.9 Å². The third-order valence-electron chi connectivity index (χ3n) is 4.65. The molecule has 0 fully saturated rings. The number of benzene rings is 2. The minimum atomic E-state index is -1.13. The topological polar surface area (TPSA) is 114 Å². The molecule has 8 heteroatoms. The fourth-order valence-electron chi connectivity index (χ4n) is 3.22. The van der Waals surface area contributed by atoms with Crippen molar-refractivity contribution in [3.8, 4) is 0 Å². The van der Waals surface area contributed by atoms with Crippen LogP contribution in [-0.4, -0.2) is 45.9 Å². The molecule has 3 aromatic rings. The zero-order valence-electron chi connectivity index (χ0n) is 16.3. The lowest BCUT2D eigenvalue weighted by atomic mass is 10.0. The minimum absolute atomic E-state index is 0.0187. The number of aromatic nitrogens is 1.